The predicted octanol–water partition coefficient (Wildman–Crippen LogP) is 5.50. The van der Waals surface area contributed by atoms with Crippen LogP contribution in [0.1, 0.15) is 58.9 Å². The lowest BCUT2D eigenvalue weighted by molar-refractivity contribution is -0.113. The van der Waals surface area contributed by atoms with Crippen LogP contribution in [0.4, 0.5) is 5.13 Å². The average Bonchev–Trinajstić information content (AvgIpc) is 3.39. The summed E-state index contributed by atoms with van der Waals surface area (Å²) < 4.78 is 0. The number of anilines is 1. The molecule has 1 N–H and O–H groups in total. The van der Waals surface area contributed by atoms with Crippen LogP contribution in [0.15, 0.2) is 5.03 Å². The van der Waals surface area contributed by atoms with Gasteiger partial charge in [0.25, 0.3) is 0 Å². The van der Waals surface area contributed by atoms with Gasteiger partial charge < -0.3 is 5.32 Å². The highest BCUT2D eigenvalue weighted by Crippen LogP contribution is 2.44. The topological polar surface area (TPSA) is 67.8 Å². The molecule has 3 aromatic rings. The van der Waals surface area contributed by atoms with E-state index < -0.39 is 0 Å². The van der Waals surface area contributed by atoms with Crippen molar-refractivity contribution < 1.29 is 4.79 Å². The van der Waals surface area contributed by atoms with Gasteiger partial charge in [-0.15, -0.1) is 22.7 Å². The highest BCUT2D eigenvalue weighted by Gasteiger charge is 2.30. The number of hydrogen-bond acceptors (Lipinski definition) is 7. The zero-order valence-corrected chi connectivity index (χ0v) is 19.3. The normalized spacial score (nSPS) is 18.8. The molecule has 5 nitrogen and oxygen atoms in total. The van der Waals surface area contributed by atoms with E-state index in [9.17, 15) is 4.79 Å². The molecule has 29 heavy (non-hydrogen) atoms. The minimum Gasteiger partial charge on any atom is -0.301 e. The summed E-state index contributed by atoms with van der Waals surface area (Å²) in [5.74, 6) is 2.53. The van der Waals surface area contributed by atoms with Crippen molar-refractivity contribution in [3.63, 3.8) is 0 Å². The molecular weight excluding hydrogens is 420 g/mol. The van der Waals surface area contributed by atoms with Gasteiger partial charge in [-0.25, -0.2) is 15.0 Å². The van der Waals surface area contributed by atoms with Gasteiger partial charge in [0, 0.05) is 21.1 Å². The van der Waals surface area contributed by atoms with Crippen LogP contribution in [0.2, 0.25) is 0 Å². The van der Waals surface area contributed by atoms with E-state index in [2.05, 4.69) is 17.2 Å². The largest absolute Gasteiger partial charge is 0.301 e. The molecule has 2 aliphatic carbocycles. The third-order valence-corrected chi connectivity index (χ3v) is 8.81. The lowest BCUT2D eigenvalue weighted by Gasteiger charge is -2.18. The Morgan fingerprint density at radius 2 is 2.00 bits per heavy atom. The highest BCUT2D eigenvalue weighted by atomic mass is 32.2. The summed E-state index contributed by atoms with van der Waals surface area (Å²) in [6.07, 6.45) is 5.82. The second kappa shape index (κ2) is 7.63. The molecule has 1 fully saturated rings. The third kappa shape index (κ3) is 3.94. The lowest BCUT2D eigenvalue weighted by Crippen LogP contribution is -2.14. The molecule has 0 bridgehead atoms. The fraction of sp³-hybridized carbons (Fsp3) is 0.524. The monoisotopic (exact) mass is 444 g/mol. The summed E-state index contributed by atoms with van der Waals surface area (Å²) >= 11 is 4.92. The number of nitrogens with one attached hydrogen (secondary N) is 1. The number of carbonyl (C=O) groups excluding carboxylic acids is 1. The van der Waals surface area contributed by atoms with Gasteiger partial charge in [-0.05, 0) is 57.4 Å². The van der Waals surface area contributed by atoms with Crippen molar-refractivity contribution in [3.05, 3.63) is 26.8 Å². The van der Waals surface area contributed by atoms with Crippen LogP contribution >= 0.6 is 34.4 Å². The Kier molecular flexibility index (Phi) is 5.12. The molecular formula is C21H24N4OS3. The number of thiophene rings is 1. The van der Waals surface area contributed by atoms with Crippen LogP contribution in [0.3, 0.4) is 0 Å². The Labute approximate surface area is 182 Å². The van der Waals surface area contributed by atoms with E-state index in [1.807, 2.05) is 25.2 Å². The first kappa shape index (κ1) is 19.5. The standard InChI is InChI=1S/C21H24N4OS3/c1-10-4-7-14-15(8-10)29-20-17(14)19(24-18(25-20)13-5-6-13)27-9-16(26)23-21-22-11(2)12(3)28-21/h10,13H,4-9H2,1-3H3,(H,22,23,26). The Morgan fingerprint density at radius 3 is 2.72 bits per heavy atom. The maximum Gasteiger partial charge on any atom is 0.236 e. The maximum absolute atomic E-state index is 12.5. The molecule has 1 atom stereocenters. The molecule has 0 spiro atoms. The van der Waals surface area contributed by atoms with E-state index in [4.69, 9.17) is 9.97 Å². The zero-order chi connectivity index (χ0) is 20.1. The van der Waals surface area contributed by atoms with Crippen molar-refractivity contribution in [2.75, 3.05) is 11.1 Å². The number of thiazole rings is 1. The maximum atomic E-state index is 12.5. The van der Waals surface area contributed by atoms with Crippen LogP contribution in [0.5, 0.6) is 0 Å². The van der Waals surface area contributed by atoms with E-state index in [0.717, 1.165) is 45.0 Å². The van der Waals surface area contributed by atoms with Crippen LogP contribution in [0.25, 0.3) is 10.2 Å². The Bertz CT molecular complexity index is 1080. The SMILES string of the molecule is Cc1nc(NC(=O)CSc2nc(C3CC3)nc3sc4c(c23)CCC(C)C4)sc1C. The van der Waals surface area contributed by atoms with E-state index in [1.54, 1.807) is 11.8 Å². The zero-order valence-electron chi connectivity index (χ0n) is 16.9. The Balaban J connectivity index is 1.41. The number of aryl methyl sites for hydroxylation is 3. The van der Waals surface area contributed by atoms with Crippen LogP contribution < -0.4 is 5.32 Å². The van der Waals surface area contributed by atoms with E-state index in [1.165, 1.54) is 46.4 Å². The molecule has 1 amide bonds. The Hall–Kier alpha value is -1.51. The summed E-state index contributed by atoms with van der Waals surface area (Å²) in [6, 6.07) is 0. The summed E-state index contributed by atoms with van der Waals surface area (Å²) in [5.41, 5.74) is 2.41. The molecule has 1 saturated carbocycles. The van der Waals surface area contributed by atoms with Gasteiger partial charge in [0.05, 0.1) is 11.4 Å². The van der Waals surface area contributed by atoms with Gasteiger partial charge >= 0.3 is 0 Å². The second-order valence-corrected chi connectivity index (χ2v) is 11.4. The molecule has 5 rings (SSSR count). The lowest BCUT2D eigenvalue weighted by atomic mass is 9.89. The summed E-state index contributed by atoms with van der Waals surface area (Å²) in [6.45, 7) is 6.32. The Morgan fingerprint density at radius 1 is 1.17 bits per heavy atom. The van der Waals surface area contributed by atoms with Crippen molar-refractivity contribution >= 4 is 55.7 Å². The molecule has 1 unspecified atom stereocenters. The minimum atomic E-state index is -0.0267. The van der Waals surface area contributed by atoms with Crippen molar-refractivity contribution in [3.8, 4) is 0 Å². The number of carbonyl (C=O) groups is 1. The summed E-state index contributed by atoms with van der Waals surface area (Å²) in [7, 11) is 0. The number of nitrogens with zero attached hydrogens (tertiary/aromatic N) is 3. The first-order valence-corrected chi connectivity index (χ1v) is 12.8. The van der Waals surface area contributed by atoms with Gasteiger partial charge in [0.15, 0.2) is 5.13 Å². The number of thioether (sulfide) groups is 1. The first-order chi connectivity index (χ1) is 14.0. The van der Waals surface area contributed by atoms with Crippen LogP contribution in [-0.2, 0) is 17.6 Å². The molecule has 0 aliphatic heterocycles. The third-order valence-electron chi connectivity index (χ3n) is 5.70. The van der Waals surface area contributed by atoms with Gasteiger partial charge in [-0.1, -0.05) is 18.7 Å². The number of rotatable bonds is 5. The molecule has 0 aromatic carbocycles. The van der Waals surface area contributed by atoms with Crippen LogP contribution in [0, 0.1) is 19.8 Å². The van der Waals surface area contributed by atoms with Gasteiger partial charge in [0.2, 0.25) is 5.91 Å². The quantitative estimate of drug-likeness (QED) is 0.416. The van der Waals surface area contributed by atoms with Gasteiger partial charge in [-0.3, -0.25) is 4.79 Å². The molecule has 0 saturated heterocycles. The minimum absolute atomic E-state index is 0.0267. The number of hydrogen-bond donors (Lipinski definition) is 1. The molecule has 0 radical (unpaired) electrons. The van der Waals surface area contributed by atoms with Gasteiger partial charge in [-0.2, -0.15) is 0 Å². The second-order valence-electron chi connectivity index (χ2n) is 8.19. The van der Waals surface area contributed by atoms with E-state index in [-0.39, 0.29) is 5.91 Å². The fourth-order valence-corrected chi connectivity index (χ4v) is 6.92. The van der Waals surface area contributed by atoms with Crippen molar-refractivity contribution in [1.29, 1.82) is 0 Å². The number of fused-ring (bicyclic) bond motifs is 3. The molecule has 2 aliphatic rings. The summed E-state index contributed by atoms with van der Waals surface area (Å²) in [4.78, 5) is 30.5. The fourth-order valence-electron chi connectivity index (χ4n) is 3.77. The number of amides is 1. The summed E-state index contributed by atoms with van der Waals surface area (Å²) in [5, 5.41) is 5.82. The average molecular weight is 445 g/mol. The molecule has 8 heteroatoms. The van der Waals surface area contributed by atoms with Crippen molar-refractivity contribution in [1.82, 2.24) is 15.0 Å². The predicted molar refractivity (Wildman–Crippen MR) is 122 cm³/mol. The van der Waals surface area contributed by atoms with Crippen molar-refractivity contribution in [2.45, 2.75) is 63.8 Å². The van der Waals surface area contributed by atoms with E-state index in [0.29, 0.717) is 16.8 Å². The van der Waals surface area contributed by atoms with Crippen LogP contribution in [-0.4, -0.2) is 26.6 Å². The van der Waals surface area contributed by atoms with Gasteiger partial charge in [0.1, 0.15) is 15.7 Å². The molecule has 152 valence electrons. The molecule has 3 aromatic heterocycles. The van der Waals surface area contributed by atoms with E-state index >= 15 is 0 Å². The molecule has 3 heterocycles. The van der Waals surface area contributed by atoms with Crippen molar-refractivity contribution in [2.24, 2.45) is 5.92 Å². The highest BCUT2D eigenvalue weighted by molar-refractivity contribution is 8.00. The number of aromatic nitrogens is 3. The first-order valence-electron chi connectivity index (χ1n) is 10.2. The smallest absolute Gasteiger partial charge is 0.236 e.